The summed E-state index contributed by atoms with van der Waals surface area (Å²) in [5, 5.41) is 0. The number of hydrogen-bond acceptors (Lipinski definition) is 3. The lowest BCUT2D eigenvalue weighted by Crippen LogP contribution is -2.30. The second kappa shape index (κ2) is 6.14. The van der Waals surface area contributed by atoms with Gasteiger partial charge < -0.3 is 5.73 Å². The molecule has 0 atom stereocenters. The molecule has 0 aromatic heterocycles. The molecule has 6 heteroatoms. The molecule has 0 aliphatic heterocycles. The average molecular weight is 335 g/mol. The molecule has 1 aromatic carbocycles. The van der Waals surface area contributed by atoms with Gasteiger partial charge in [0, 0.05) is 24.6 Å². The number of nitrogens with zero attached hydrogens (tertiary/aromatic N) is 1. The normalized spacial score (nSPS) is 12.4. The molecule has 0 radical (unpaired) electrons. The maximum Gasteiger partial charge on any atom is 0.243 e. The van der Waals surface area contributed by atoms with Crippen LogP contribution in [0, 0.1) is 5.92 Å². The third-order valence-corrected chi connectivity index (χ3v) is 5.34. The average Bonchev–Trinajstić information content (AvgIpc) is 2.27. The monoisotopic (exact) mass is 334 g/mol. The molecule has 0 spiro atoms. The van der Waals surface area contributed by atoms with Crippen LogP contribution in [0.25, 0.3) is 0 Å². The van der Waals surface area contributed by atoms with Gasteiger partial charge in [-0.25, -0.2) is 12.7 Å². The Kier molecular flexibility index (Phi) is 5.33. The van der Waals surface area contributed by atoms with E-state index in [0.29, 0.717) is 17.6 Å². The van der Waals surface area contributed by atoms with Crippen molar-refractivity contribution in [3.63, 3.8) is 0 Å². The maximum absolute atomic E-state index is 12.4. The fourth-order valence-electron chi connectivity index (χ4n) is 1.66. The molecule has 0 aliphatic rings. The first kappa shape index (κ1) is 15.6. The van der Waals surface area contributed by atoms with E-state index in [1.54, 1.807) is 25.2 Å². The van der Waals surface area contributed by atoms with Gasteiger partial charge in [0.15, 0.2) is 0 Å². The van der Waals surface area contributed by atoms with Crippen LogP contribution in [-0.4, -0.2) is 26.3 Å². The van der Waals surface area contributed by atoms with Crippen LogP contribution < -0.4 is 5.73 Å². The largest absolute Gasteiger partial charge is 0.326 e. The van der Waals surface area contributed by atoms with Crippen LogP contribution in [0.1, 0.15) is 19.4 Å². The Balaban J connectivity index is 3.12. The van der Waals surface area contributed by atoms with E-state index in [1.165, 1.54) is 4.31 Å². The Morgan fingerprint density at radius 2 is 2.00 bits per heavy atom. The smallest absolute Gasteiger partial charge is 0.243 e. The Morgan fingerprint density at radius 1 is 1.39 bits per heavy atom. The van der Waals surface area contributed by atoms with Gasteiger partial charge in [0.05, 0.1) is 4.90 Å². The summed E-state index contributed by atoms with van der Waals surface area (Å²) in [5.41, 5.74) is 6.42. The van der Waals surface area contributed by atoms with Gasteiger partial charge in [-0.05, 0) is 39.5 Å². The summed E-state index contributed by atoms with van der Waals surface area (Å²) in [5.74, 6) is 0.284. The van der Waals surface area contributed by atoms with Crippen molar-refractivity contribution in [3.05, 3.63) is 28.2 Å². The lowest BCUT2D eigenvalue weighted by molar-refractivity contribution is 0.417. The van der Waals surface area contributed by atoms with Crippen molar-refractivity contribution >= 4 is 26.0 Å². The molecule has 0 saturated heterocycles. The first-order valence-corrected chi connectivity index (χ1v) is 7.97. The van der Waals surface area contributed by atoms with Gasteiger partial charge in [-0.3, -0.25) is 0 Å². The highest BCUT2D eigenvalue weighted by atomic mass is 79.9. The molecule has 0 aliphatic carbocycles. The van der Waals surface area contributed by atoms with E-state index in [9.17, 15) is 8.42 Å². The van der Waals surface area contributed by atoms with Gasteiger partial charge in [0.2, 0.25) is 10.0 Å². The Morgan fingerprint density at radius 3 is 2.44 bits per heavy atom. The molecule has 18 heavy (non-hydrogen) atoms. The van der Waals surface area contributed by atoms with Crippen LogP contribution >= 0.6 is 15.9 Å². The van der Waals surface area contributed by atoms with Crippen molar-refractivity contribution in [2.24, 2.45) is 11.7 Å². The zero-order valence-corrected chi connectivity index (χ0v) is 13.3. The standard InChI is InChI=1S/C12H19BrN2O2S/c1-9(2)8-15(3)18(16,17)12-5-4-10(7-14)6-11(12)13/h4-6,9H,7-8,14H2,1-3H3. The van der Waals surface area contributed by atoms with Crippen LogP contribution in [0.4, 0.5) is 0 Å². The third kappa shape index (κ3) is 3.54. The first-order chi connectivity index (χ1) is 8.28. The van der Waals surface area contributed by atoms with Gasteiger partial charge in [-0.2, -0.15) is 0 Å². The molecule has 1 rings (SSSR count). The Hall–Kier alpha value is -0.430. The number of sulfonamides is 1. The van der Waals surface area contributed by atoms with Gasteiger partial charge in [-0.15, -0.1) is 0 Å². The lowest BCUT2D eigenvalue weighted by atomic mass is 10.2. The molecule has 0 heterocycles. The SMILES string of the molecule is CC(C)CN(C)S(=O)(=O)c1ccc(CN)cc1Br. The predicted molar refractivity (Wildman–Crippen MR) is 76.7 cm³/mol. The molecule has 4 nitrogen and oxygen atoms in total. The van der Waals surface area contributed by atoms with E-state index >= 15 is 0 Å². The summed E-state index contributed by atoms with van der Waals surface area (Å²) in [6.07, 6.45) is 0. The minimum Gasteiger partial charge on any atom is -0.326 e. The third-order valence-electron chi connectivity index (χ3n) is 2.54. The van der Waals surface area contributed by atoms with Crippen molar-refractivity contribution in [3.8, 4) is 0 Å². The van der Waals surface area contributed by atoms with Gasteiger partial charge >= 0.3 is 0 Å². The topological polar surface area (TPSA) is 63.4 Å². The van der Waals surface area contributed by atoms with Crippen molar-refractivity contribution < 1.29 is 8.42 Å². The number of hydrogen-bond donors (Lipinski definition) is 1. The van der Waals surface area contributed by atoms with Crippen molar-refractivity contribution in [2.45, 2.75) is 25.3 Å². The second-order valence-corrected chi connectivity index (χ2v) is 7.52. The van der Waals surface area contributed by atoms with E-state index in [1.807, 2.05) is 13.8 Å². The van der Waals surface area contributed by atoms with Crippen molar-refractivity contribution in [1.82, 2.24) is 4.31 Å². The van der Waals surface area contributed by atoms with E-state index in [4.69, 9.17) is 5.73 Å². The first-order valence-electron chi connectivity index (χ1n) is 5.74. The summed E-state index contributed by atoms with van der Waals surface area (Å²) in [4.78, 5) is 0.280. The zero-order valence-electron chi connectivity index (χ0n) is 10.9. The molecule has 0 amide bonds. The molecule has 0 saturated carbocycles. The summed E-state index contributed by atoms with van der Waals surface area (Å²) in [7, 11) is -1.85. The van der Waals surface area contributed by atoms with Crippen molar-refractivity contribution in [2.75, 3.05) is 13.6 Å². The van der Waals surface area contributed by atoms with E-state index in [-0.39, 0.29) is 10.8 Å². The van der Waals surface area contributed by atoms with Gasteiger partial charge in [0.25, 0.3) is 0 Å². The summed E-state index contributed by atoms with van der Waals surface area (Å²) < 4.78 is 26.6. The van der Waals surface area contributed by atoms with Crippen LogP contribution in [0.3, 0.4) is 0 Å². The second-order valence-electron chi connectivity index (χ2n) is 4.65. The minimum atomic E-state index is -3.44. The maximum atomic E-state index is 12.4. The molecule has 102 valence electrons. The quantitative estimate of drug-likeness (QED) is 0.897. The Bertz CT molecular complexity index is 515. The highest BCUT2D eigenvalue weighted by Crippen LogP contribution is 2.26. The van der Waals surface area contributed by atoms with E-state index in [0.717, 1.165) is 5.56 Å². The van der Waals surface area contributed by atoms with Gasteiger partial charge in [0.1, 0.15) is 0 Å². The molecular weight excluding hydrogens is 316 g/mol. The Labute approximate surface area is 117 Å². The molecule has 2 N–H and O–H groups in total. The molecule has 0 unspecified atom stereocenters. The lowest BCUT2D eigenvalue weighted by Gasteiger charge is -2.20. The highest BCUT2D eigenvalue weighted by Gasteiger charge is 2.23. The summed E-state index contributed by atoms with van der Waals surface area (Å²) in [6.45, 7) is 4.85. The highest BCUT2D eigenvalue weighted by molar-refractivity contribution is 9.10. The fourth-order valence-corrected chi connectivity index (χ4v) is 4.08. The van der Waals surface area contributed by atoms with E-state index < -0.39 is 10.0 Å². The summed E-state index contributed by atoms with van der Waals surface area (Å²) in [6, 6.07) is 5.08. The number of benzene rings is 1. The number of halogens is 1. The van der Waals surface area contributed by atoms with E-state index in [2.05, 4.69) is 15.9 Å². The fraction of sp³-hybridized carbons (Fsp3) is 0.500. The predicted octanol–water partition coefficient (Wildman–Crippen LogP) is 2.18. The number of rotatable bonds is 5. The molecule has 0 fully saturated rings. The molecule has 0 bridgehead atoms. The number of nitrogens with two attached hydrogens (primary N) is 1. The minimum absolute atomic E-state index is 0.280. The van der Waals surface area contributed by atoms with Crippen LogP contribution in [0.15, 0.2) is 27.6 Å². The van der Waals surface area contributed by atoms with Crippen LogP contribution in [0.2, 0.25) is 0 Å². The summed E-state index contributed by atoms with van der Waals surface area (Å²) >= 11 is 3.30. The zero-order chi connectivity index (χ0) is 13.9. The van der Waals surface area contributed by atoms with Crippen molar-refractivity contribution in [1.29, 1.82) is 0 Å². The van der Waals surface area contributed by atoms with Crippen LogP contribution in [0.5, 0.6) is 0 Å². The van der Waals surface area contributed by atoms with Crippen LogP contribution in [-0.2, 0) is 16.6 Å². The van der Waals surface area contributed by atoms with Gasteiger partial charge in [-0.1, -0.05) is 19.9 Å². The molecule has 1 aromatic rings. The molecular formula is C12H19BrN2O2S.